The standard InChI is InChI=1S/C15H24O2/c1-9-5-4-6-11-7-8-12-13(15(9,11)3)10(2)14(16)17-12/h9-13H,4-8H2,1-3H3/t9-,10-,11-,12-,13-,15+/m0/s1. The maximum absolute atomic E-state index is 11.8. The molecule has 17 heavy (non-hydrogen) atoms. The van der Waals surface area contributed by atoms with Crippen LogP contribution >= 0.6 is 0 Å². The fourth-order valence-corrected chi connectivity index (χ4v) is 5.09. The number of hydrogen-bond acceptors (Lipinski definition) is 2. The Morgan fingerprint density at radius 1 is 1.18 bits per heavy atom. The third kappa shape index (κ3) is 1.42. The molecule has 0 spiro atoms. The fourth-order valence-electron chi connectivity index (χ4n) is 5.09. The van der Waals surface area contributed by atoms with Crippen LogP contribution in [0, 0.1) is 29.1 Å². The van der Waals surface area contributed by atoms with Crippen LogP contribution in [0.5, 0.6) is 0 Å². The fraction of sp³-hybridized carbons (Fsp3) is 0.933. The van der Waals surface area contributed by atoms with Crippen LogP contribution in [0.15, 0.2) is 0 Å². The molecule has 0 radical (unpaired) electrons. The Bertz CT molecular complexity index is 338. The molecule has 3 rings (SSSR count). The maximum atomic E-state index is 11.8. The van der Waals surface area contributed by atoms with E-state index in [1.165, 1.54) is 25.7 Å². The summed E-state index contributed by atoms with van der Waals surface area (Å²) in [6, 6.07) is 0. The molecular weight excluding hydrogens is 212 g/mol. The largest absolute Gasteiger partial charge is 0.462 e. The van der Waals surface area contributed by atoms with Gasteiger partial charge in [0.2, 0.25) is 0 Å². The summed E-state index contributed by atoms with van der Waals surface area (Å²) in [5, 5.41) is 0. The normalized spacial score (nSPS) is 53.8. The summed E-state index contributed by atoms with van der Waals surface area (Å²) in [4.78, 5) is 11.8. The quantitative estimate of drug-likeness (QED) is 0.603. The van der Waals surface area contributed by atoms with Gasteiger partial charge < -0.3 is 4.74 Å². The summed E-state index contributed by atoms with van der Waals surface area (Å²) in [6.45, 7) is 6.92. The van der Waals surface area contributed by atoms with E-state index in [2.05, 4.69) is 20.8 Å². The topological polar surface area (TPSA) is 26.3 Å². The molecule has 96 valence electrons. The Morgan fingerprint density at radius 2 is 1.94 bits per heavy atom. The zero-order chi connectivity index (χ0) is 12.2. The molecule has 2 saturated carbocycles. The van der Waals surface area contributed by atoms with Gasteiger partial charge in [0.15, 0.2) is 0 Å². The van der Waals surface area contributed by atoms with Crippen LogP contribution in [-0.4, -0.2) is 12.1 Å². The predicted octanol–water partition coefficient (Wildman–Crippen LogP) is 3.40. The van der Waals surface area contributed by atoms with Gasteiger partial charge in [-0.2, -0.15) is 0 Å². The summed E-state index contributed by atoms with van der Waals surface area (Å²) in [5.74, 6) is 2.22. The van der Waals surface area contributed by atoms with Crippen LogP contribution in [0.2, 0.25) is 0 Å². The number of fused-ring (bicyclic) bond motifs is 3. The van der Waals surface area contributed by atoms with Crippen molar-refractivity contribution < 1.29 is 9.53 Å². The lowest BCUT2D eigenvalue weighted by Crippen LogP contribution is -2.51. The molecule has 1 aliphatic heterocycles. The molecule has 0 amide bonds. The summed E-state index contributed by atoms with van der Waals surface area (Å²) in [6.07, 6.45) is 6.67. The van der Waals surface area contributed by atoms with Gasteiger partial charge in [-0.25, -0.2) is 0 Å². The van der Waals surface area contributed by atoms with E-state index >= 15 is 0 Å². The van der Waals surface area contributed by atoms with Crippen molar-refractivity contribution in [1.82, 2.24) is 0 Å². The number of esters is 1. The van der Waals surface area contributed by atoms with Gasteiger partial charge >= 0.3 is 5.97 Å². The molecule has 0 aromatic rings. The van der Waals surface area contributed by atoms with Crippen molar-refractivity contribution >= 4 is 5.97 Å². The summed E-state index contributed by atoms with van der Waals surface area (Å²) in [5.41, 5.74) is 0.340. The van der Waals surface area contributed by atoms with Crippen LogP contribution < -0.4 is 0 Å². The van der Waals surface area contributed by atoms with E-state index in [0.29, 0.717) is 11.3 Å². The molecule has 0 N–H and O–H groups in total. The molecule has 0 aromatic carbocycles. The first-order chi connectivity index (χ1) is 8.05. The predicted molar refractivity (Wildman–Crippen MR) is 66.4 cm³/mol. The molecule has 2 heteroatoms. The minimum atomic E-state index is 0.0552. The van der Waals surface area contributed by atoms with E-state index in [0.717, 1.165) is 18.3 Å². The van der Waals surface area contributed by atoms with E-state index < -0.39 is 0 Å². The Hall–Kier alpha value is -0.530. The van der Waals surface area contributed by atoms with E-state index in [1.807, 2.05) is 0 Å². The SMILES string of the molecule is C[C@@H]1C(=O)O[C@H]2CC[C@@H]3CCC[C@H](C)[C@@]3(C)[C@H]21. The Kier molecular flexibility index (Phi) is 2.53. The highest BCUT2D eigenvalue weighted by atomic mass is 16.6. The average Bonchev–Trinajstić information content (AvgIpc) is 2.58. The van der Waals surface area contributed by atoms with Crippen LogP contribution in [0.4, 0.5) is 0 Å². The third-order valence-electron chi connectivity index (χ3n) is 6.23. The first-order valence-corrected chi connectivity index (χ1v) is 7.25. The van der Waals surface area contributed by atoms with Crippen molar-refractivity contribution in [3.63, 3.8) is 0 Å². The van der Waals surface area contributed by atoms with Crippen molar-refractivity contribution in [3.8, 4) is 0 Å². The minimum absolute atomic E-state index is 0.0552. The highest BCUT2D eigenvalue weighted by Crippen LogP contribution is 2.60. The van der Waals surface area contributed by atoms with Gasteiger partial charge in [0, 0.05) is 5.92 Å². The molecule has 0 bridgehead atoms. The van der Waals surface area contributed by atoms with Crippen molar-refractivity contribution in [2.45, 2.75) is 59.0 Å². The van der Waals surface area contributed by atoms with Gasteiger partial charge in [-0.05, 0) is 36.5 Å². The first kappa shape index (κ1) is 11.6. The molecule has 2 aliphatic carbocycles. The lowest BCUT2D eigenvalue weighted by molar-refractivity contribution is -0.145. The second kappa shape index (κ2) is 3.73. The van der Waals surface area contributed by atoms with Gasteiger partial charge in [0.1, 0.15) is 6.10 Å². The lowest BCUT2D eigenvalue weighted by atomic mass is 9.49. The second-order valence-corrected chi connectivity index (χ2v) is 6.76. The molecule has 1 saturated heterocycles. The van der Waals surface area contributed by atoms with Gasteiger partial charge in [0.25, 0.3) is 0 Å². The number of carbonyl (C=O) groups is 1. The maximum Gasteiger partial charge on any atom is 0.309 e. The lowest BCUT2D eigenvalue weighted by Gasteiger charge is -2.55. The number of ether oxygens (including phenoxy) is 1. The van der Waals surface area contributed by atoms with Crippen LogP contribution in [0.1, 0.15) is 52.9 Å². The highest BCUT2D eigenvalue weighted by Gasteiger charge is 2.59. The van der Waals surface area contributed by atoms with E-state index in [9.17, 15) is 4.79 Å². The number of hydrogen-bond donors (Lipinski definition) is 0. The zero-order valence-corrected chi connectivity index (χ0v) is 11.2. The summed E-state index contributed by atoms with van der Waals surface area (Å²) < 4.78 is 5.60. The molecule has 0 unspecified atom stereocenters. The number of rotatable bonds is 0. The second-order valence-electron chi connectivity index (χ2n) is 6.76. The number of carbonyl (C=O) groups excluding carboxylic acids is 1. The first-order valence-electron chi connectivity index (χ1n) is 7.25. The Morgan fingerprint density at radius 3 is 2.71 bits per heavy atom. The van der Waals surface area contributed by atoms with Crippen molar-refractivity contribution in [1.29, 1.82) is 0 Å². The van der Waals surface area contributed by atoms with E-state index in [-0.39, 0.29) is 18.0 Å². The third-order valence-corrected chi connectivity index (χ3v) is 6.23. The summed E-state index contributed by atoms with van der Waals surface area (Å²) >= 11 is 0. The highest BCUT2D eigenvalue weighted by molar-refractivity contribution is 5.75. The van der Waals surface area contributed by atoms with Crippen LogP contribution in [0.3, 0.4) is 0 Å². The zero-order valence-electron chi connectivity index (χ0n) is 11.2. The molecule has 3 fully saturated rings. The minimum Gasteiger partial charge on any atom is -0.462 e. The van der Waals surface area contributed by atoms with Crippen molar-refractivity contribution in [2.24, 2.45) is 29.1 Å². The van der Waals surface area contributed by atoms with Gasteiger partial charge in [-0.15, -0.1) is 0 Å². The van der Waals surface area contributed by atoms with Crippen LogP contribution in [-0.2, 0) is 9.53 Å². The Balaban J connectivity index is 1.98. The summed E-state index contributed by atoms with van der Waals surface area (Å²) in [7, 11) is 0. The van der Waals surface area contributed by atoms with Gasteiger partial charge in [-0.1, -0.05) is 33.6 Å². The smallest absolute Gasteiger partial charge is 0.309 e. The van der Waals surface area contributed by atoms with Crippen molar-refractivity contribution in [2.75, 3.05) is 0 Å². The molecule has 1 heterocycles. The molecule has 2 nitrogen and oxygen atoms in total. The average molecular weight is 236 g/mol. The Labute approximate surface area is 104 Å². The van der Waals surface area contributed by atoms with E-state index in [1.54, 1.807) is 0 Å². The van der Waals surface area contributed by atoms with Gasteiger partial charge in [-0.3, -0.25) is 4.79 Å². The monoisotopic (exact) mass is 236 g/mol. The van der Waals surface area contributed by atoms with Crippen molar-refractivity contribution in [3.05, 3.63) is 0 Å². The van der Waals surface area contributed by atoms with E-state index in [4.69, 9.17) is 4.74 Å². The van der Waals surface area contributed by atoms with Gasteiger partial charge in [0.05, 0.1) is 5.92 Å². The molecule has 6 atom stereocenters. The molecule has 0 aromatic heterocycles. The van der Waals surface area contributed by atoms with Crippen LogP contribution in [0.25, 0.3) is 0 Å². The molecular formula is C15H24O2. The molecule has 3 aliphatic rings.